The molecule has 3 aromatic rings. The van der Waals surface area contributed by atoms with Crippen LogP contribution in [-0.4, -0.2) is 26.4 Å². The normalized spacial score (nSPS) is 18.2. The lowest BCUT2D eigenvalue weighted by molar-refractivity contribution is 0.126. The van der Waals surface area contributed by atoms with Crippen molar-refractivity contribution >= 4 is 22.2 Å². The lowest BCUT2D eigenvalue weighted by Crippen LogP contribution is -2.40. The first-order valence-corrected chi connectivity index (χ1v) is 8.78. The smallest absolute Gasteiger partial charge is 0.277 e. The Bertz CT molecular complexity index is 901. The molecule has 0 saturated heterocycles. The molecule has 0 aliphatic carbocycles. The molecule has 1 atom stereocenters. The molecule has 1 aliphatic heterocycles. The molecule has 6 heteroatoms. The minimum atomic E-state index is -0.0680. The Kier molecular flexibility index (Phi) is 3.71. The van der Waals surface area contributed by atoms with Gasteiger partial charge in [-0.2, -0.15) is 4.68 Å². The van der Waals surface area contributed by atoms with E-state index in [9.17, 15) is 4.79 Å². The molecule has 5 nitrogen and oxygen atoms in total. The van der Waals surface area contributed by atoms with Gasteiger partial charge in [0, 0.05) is 17.5 Å². The highest BCUT2D eigenvalue weighted by Gasteiger charge is 2.27. The van der Waals surface area contributed by atoms with Crippen LogP contribution in [0.3, 0.4) is 0 Å². The number of hydrogen-bond acceptors (Lipinski definition) is 5. The van der Waals surface area contributed by atoms with Crippen LogP contribution in [0.4, 0.5) is 0 Å². The van der Waals surface area contributed by atoms with Gasteiger partial charge in [-0.25, -0.2) is 0 Å². The molecule has 0 fully saturated rings. The van der Waals surface area contributed by atoms with Crippen molar-refractivity contribution in [2.24, 2.45) is 0 Å². The second-order valence-corrected chi connectivity index (χ2v) is 6.84. The second-order valence-electron chi connectivity index (χ2n) is 5.84. The zero-order valence-corrected chi connectivity index (χ0v) is 13.8. The van der Waals surface area contributed by atoms with E-state index in [2.05, 4.69) is 33.6 Å². The van der Waals surface area contributed by atoms with Gasteiger partial charge in [0.15, 0.2) is 0 Å². The predicted octanol–water partition coefficient (Wildman–Crippen LogP) is 2.82. The minimum absolute atomic E-state index is 0.0680. The molecule has 0 radical (unpaired) electrons. The summed E-state index contributed by atoms with van der Waals surface area (Å²) in [6.45, 7) is 3.64. The third-order valence-electron chi connectivity index (χ3n) is 4.54. The highest BCUT2D eigenvalue weighted by Crippen LogP contribution is 2.35. The van der Waals surface area contributed by atoms with Crippen LogP contribution in [0, 0.1) is 0 Å². The zero-order valence-electron chi connectivity index (χ0n) is 13.0. The summed E-state index contributed by atoms with van der Waals surface area (Å²) in [7, 11) is 0. The number of benzene rings is 1. The van der Waals surface area contributed by atoms with Crippen LogP contribution in [0.25, 0.3) is 10.9 Å². The summed E-state index contributed by atoms with van der Waals surface area (Å²) in [6.07, 6.45) is 2.07. The number of rotatable bonds is 3. The molecule has 2 aromatic heterocycles. The molecule has 23 heavy (non-hydrogen) atoms. The van der Waals surface area contributed by atoms with Gasteiger partial charge in [0.05, 0.1) is 12.1 Å². The van der Waals surface area contributed by atoms with Crippen LogP contribution < -0.4 is 5.56 Å². The van der Waals surface area contributed by atoms with Gasteiger partial charge in [-0.3, -0.25) is 9.69 Å². The fourth-order valence-corrected chi connectivity index (χ4v) is 4.31. The molecular formula is C17H18N4OS. The molecule has 0 amide bonds. The predicted molar refractivity (Wildman–Crippen MR) is 91.6 cm³/mol. The van der Waals surface area contributed by atoms with Crippen molar-refractivity contribution in [1.82, 2.24) is 19.9 Å². The van der Waals surface area contributed by atoms with Crippen LogP contribution in [0.15, 0.2) is 40.5 Å². The van der Waals surface area contributed by atoms with E-state index in [4.69, 9.17) is 0 Å². The average Bonchev–Trinajstić information content (AvgIpc) is 3.06. The van der Waals surface area contributed by atoms with Gasteiger partial charge < -0.3 is 0 Å². The first-order chi connectivity index (χ1) is 11.3. The van der Waals surface area contributed by atoms with E-state index in [1.807, 2.05) is 35.6 Å². The number of hydrogen-bond donors (Lipinski definition) is 0. The van der Waals surface area contributed by atoms with Crippen LogP contribution >= 0.6 is 11.3 Å². The van der Waals surface area contributed by atoms with Crippen molar-refractivity contribution < 1.29 is 0 Å². The Morgan fingerprint density at radius 2 is 2.17 bits per heavy atom. The highest BCUT2D eigenvalue weighted by molar-refractivity contribution is 7.10. The Balaban J connectivity index is 1.68. The number of fused-ring (bicyclic) bond motifs is 2. The van der Waals surface area contributed by atoms with Gasteiger partial charge in [0.25, 0.3) is 5.56 Å². The zero-order chi connectivity index (χ0) is 15.8. The molecule has 4 rings (SSSR count). The second kappa shape index (κ2) is 5.86. The van der Waals surface area contributed by atoms with E-state index in [1.165, 1.54) is 15.1 Å². The summed E-state index contributed by atoms with van der Waals surface area (Å²) in [4.78, 5) is 16.4. The summed E-state index contributed by atoms with van der Waals surface area (Å²) in [6, 6.07) is 9.94. The van der Waals surface area contributed by atoms with E-state index in [0.29, 0.717) is 23.6 Å². The lowest BCUT2D eigenvalue weighted by atomic mass is 9.98. The molecule has 1 aliphatic rings. The van der Waals surface area contributed by atoms with E-state index in [0.717, 1.165) is 19.4 Å². The van der Waals surface area contributed by atoms with Gasteiger partial charge in [-0.15, -0.1) is 16.4 Å². The fraction of sp³-hybridized carbons (Fsp3) is 0.353. The van der Waals surface area contributed by atoms with E-state index in [1.54, 1.807) is 0 Å². The molecular weight excluding hydrogens is 308 g/mol. The Hall–Kier alpha value is -2.05. The van der Waals surface area contributed by atoms with Crippen molar-refractivity contribution in [2.75, 3.05) is 6.54 Å². The Morgan fingerprint density at radius 3 is 3.04 bits per heavy atom. The highest BCUT2D eigenvalue weighted by atomic mass is 32.1. The summed E-state index contributed by atoms with van der Waals surface area (Å²) >= 11 is 1.83. The van der Waals surface area contributed by atoms with Crippen molar-refractivity contribution in [1.29, 1.82) is 0 Å². The summed E-state index contributed by atoms with van der Waals surface area (Å²) < 4.78 is 1.49. The van der Waals surface area contributed by atoms with E-state index >= 15 is 0 Å². The van der Waals surface area contributed by atoms with Gasteiger partial charge in [-0.1, -0.05) is 24.3 Å². The fourth-order valence-electron chi connectivity index (χ4n) is 3.38. The average molecular weight is 326 g/mol. The molecule has 0 spiro atoms. The molecule has 3 heterocycles. The van der Waals surface area contributed by atoms with Gasteiger partial charge in [0.2, 0.25) is 0 Å². The summed E-state index contributed by atoms with van der Waals surface area (Å²) in [5, 5.41) is 11.1. The van der Waals surface area contributed by atoms with Crippen molar-refractivity contribution in [3.8, 4) is 0 Å². The third kappa shape index (κ3) is 2.48. The first-order valence-electron chi connectivity index (χ1n) is 7.90. The van der Waals surface area contributed by atoms with Crippen LogP contribution in [0.1, 0.15) is 29.8 Å². The molecule has 0 bridgehead atoms. The van der Waals surface area contributed by atoms with Crippen molar-refractivity contribution in [2.45, 2.75) is 32.5 Å². The van der Waals surface area contributed by atoms with E-state index < -0.39 is 0 Å². The van der Waals surface area contributed by atoms with Gasteiger partial charge in [0.1, 0.15) is 5.52 Å². The molecule has 0 unspecified atom stereocenters. The summed E-state index contributed by atoms with van der Waals surface area (Å²) in [5.41, 5.74) is 1.99. The van der Waals surface area contributed by atoms with Crippen LogP contribution in [0.2, 0.25) is 0 Å². The van der Waals surface area contributed by atoms with Crippen molar-refractivity contribution in [3.63, 3.8) is 0 Å². The van der Waals surface area contributed by atoms with Gasteiger partial charge in [-0.05, 0) is 42.0 Å². The lowest BCUT2D eigenvalue weighted by Gasteiger charge is -2.35. The molecule has 0 saturated carbocycles. The standard InChI is InChI=1S/C17H18N4OS/c1-2-15-13-8-10-23-16(13)7-9-20(15)11-21-17(22)12-5-3-4-6-14(12)18-19-21/h3-6,8,10,15H,2,7,9,11H2,1H3/t15-/m0/s1. The SMILES string of the molecule is CC[C@H]1c2ccsc2CCN1Cn1nnc2ccccc2c1=O. The molecule has 0 N–H and O–H groups in total. The topological polar surface area (TPSA) is 51.0 Å². The molecule has 118 valence electrons. The number of aromatic nitrogens is 3. The van der Waals surface area contributed by atoms with Gasteiger partial charge >= 0.3 is 0 Å². The maximum Gasteiger partial charge on any atom is 0.278 e. The molecule has 1 aromatic carbocycles. The third-order valence-corrected chi connectivity index (χ3v) is 5.53. The minimum Gasteiger partial charge on any atom is -0.277 e. The first kappa shape index (κ1) is 14.5. The monoisotopic (exact) mass is 326 g/mol. The summed E-state index contributed by atoms with van der Waals surface area (Å²) in [5.74, 6) is 0. The number of thiophene rings is 1. The maximum atomic E-state index is 12.6. The Labute approximate surface area is 138 Å². The van der Waals surface area contributed by atoms with Crippen LogP contribution in [0.5, 0.6) is 0 Å². The van der Waals surface area contributed by atoms with Crippen molar-refractivity contribution in [3.05, 3.63) is 56.5 Å². The number of nitrogens with zero attached hydrogens (tertiary/aromatic N) is 4. The van der Waals surface area contributed by atoms with E-state index in [-0.39, 0.29) is 5.56 Å². The Morgan fingerprint density at radius 1 is 1.30 bits per heavy atom. The van der Waals surface area contributed by atoms with Crippen LogP contribution in [-0.2, 0) is 13.1 Å². The maximum absolute atomic E-state index is 12.6. The largest absolute Gasteiger partial charge is 0.278 e. The quantitative estimate of drug-likeness (QED) is 0.743.